The Bertz CT molecular complexity index is 1850. The van der Waals surface area contributed by atoms with Gasteiger partial charge in [0.15, 0.2) is 5.69 Å². The highest BCUT2D eigenvalue weighted by molar-refractivity contribution is 6.05. The van der Waals surface area contributed by atoms with Gasteiger partial charge in [-0.25, -0.2) is 4.39 Å². The predicted octanol–water partition coefficient (Wildman–Crippen LogP) is -0.0991. The van der Waals surface area contributed by atoms with Crippen LogP contribution in [0.4, 0.5) is 10.2 Å². The summed E-state index contributed by atoms with van der Waals surface area (Å²) >= 11 is 0. The summed E-state index contributed by atoms with van der Waals surface area (Å²) in [6.07, 6.45) is 2.59. The van der Waals surface area contributed by atoms with E-state index >= 15 is 0 Å². The van der Waals surface area contributed by atoms with Crippen molar-refractivity contribution in [3.8, 4) is 11.1 Å². The van der Waals surface area contributed by atoms with E-state index in [9.17, 15) is 23.6 Å². The van der Waals surface area contributed by atoms with Crippen LogP contribution in [0.3, 0.4) is 0 Å². The van der Waals surface area contributed by atoms with E-state index in [-0.39, 0.29) is 36.8 Å². The van der Waals surface area contributed by atoms with Crippen molar-refractivity contribution in [3.05, 3.63) is 65.1 Å². The van der Waals surface area contributed by atoms with Crippen LogP contribution >= 0.6 is 0 Å². The van der Waals surface area contributed by atoms with E-state index in [1.54, 1.807) is 30.5 Å². The zero-order valence-electron chi connectivity index (χ0n) is 20.6. The topological polar surface area (TPSA) is 199 Å². The van der Waals surface area contributed by atoms with Crippen LogP contribution in [0.25, 0.3) is 27.8 Å². The van der Waals surface area contributed by atoms with Crippen molar-refractivity contribution in [1.29, 1.82) is 0 Å². The number of fused-ring (bicyclic) bond motifs is 2. The lowest BCUT2D eigenvalue weighted by Crippen LogP contribution is -2.45. The van der Waals surface area contributed by atoms with Gasteiger partial charge in [-0.15, -0.1) is 0 Å². The summed E-state index contributed by atoms with van der Waals surface area (Å²) in [6, 6.07) is 6.84. The first-order valence-corrected chi connectivity index (χ1v) is 12.0. The number of rotatable bonds is 6. The number of benzene rings is 1. The molecule has 0 spiro atoms. The zero-order chi connectivity index (χ0) is 28.0. The predicted molar refractivity (Wildman–Crippen MR) is 137 cm³/mol. The molecule has 15 nitrogen and oxygen atoms in total. The molecule has 5 heterocycles. The van der Waals surface area contributed by atoms with Gasteiger partial charge in [0.1, 0.15) is 30.9 Å². The smallest absolute Gasteiger partial charge is 0.269 e. The monoisotopic (exact) mass is 545 g/mol. The molecule has 0 aliphatic carbocycles. The maximum Gasteiger partial charge on any atom is 0.269 e. The quantitative estimate of drug-likeness (QED) is 0.261. The molecule has 6 rings (SSSR count). The molecule has 16 heteroatoms. The standard InChI is InChI=1S/C24H20FN11O4/c25-14-6-17(23(40)31-18-7-19(37)32-24-27-11-30-36(18)24)34(9-14)20(38)10-35-16-2-1-12(13-3-4-28-29-8-13)5-15(16)21(33-35)22(26)39/h1-5,7-8,11,14,17H,6,9-10H2,(H2,26,39)(H,31,40)(H,27,30,32,37). The molecule has 0 radical (unpaired) electrons. The van der Waals surface area contributed by atoms with Gasteiger partial charge in [0.05, 0.1) is 24.5 Å². The second-order valence-corrected chi connectivity index (χ2v) is 9.13. The van der Waals surface area contributed by atoms with Crippen molar-refractivity contribution in [2.45, 2.75) is 25.2 Å². The molecule has 0 bridgehead atoms. The van der Waals surface area contributed by atoms with E-state index in [0.29, 0.717) is 10.9 Å². The Hall–Kier alpha value is -5.54. The van der Waals surface area contributed by atoms with E-state index < -0.39 is 35.5 Å². The van der Waals surface area contributed by atoms with E-state index in [4.69, 9.17) is 5.73 Å². The molecule has 1 aromatic carbocycles. The molecule has 2 atom stereocenters. The molecule has 1 aliphatic heterocycles. The van der Waals surface area contributed by atoms with E-state index in [1.807, 2.05) is 0 Å². The van der Waals surface area contributed by atoms with E-state index in [2.05, 4.69) is 35.7 Å². The van der Waals surface area contributed by atoms with Gasteiger partial charge < -0.3 is 16.0 Å². The Morgan fingerprint density at radius 3 is 2.77 bits per heavy atom. The Morgan fingerprint density at radius 1 is 1.15 bits per heavy atom. The molecular formula is C24H20FN11O4. The molecule has 0 saturated carbocycles. The number of carbonyl (C=O) groups is 3. The SMILES string of the molecule is NC(=O)c1nn(CC(=O)N2CC(F)CC2C(=O)Nc2cc(=O)[nH]c3ncnn23)c2ccc(-c3ccnnc3)cc12. The fourth-order valence-electron chi connectivity index (χ4n) is 4.78. The van der Waals surface area contributed by atoms with Crippen molar-refractivity contribution in [3.63, 3.8) is 0 Å². The number of aromatic nitrogens is 8. The number of hydrogen-bond acceptors (Lipinski definition) is 9. The number of primary amides is 1. The molecule has 1 fully saturated rings. The lowest BCUT2D eigenvalue weighted by Gasteiger charge is -2.23. The number of anilines is 1. The zero-order valence-corrected chi connectivity index (χ0v) is 20.6. The Balaban J connectivity index is 1.27. The highest BCUT2D eigenvalue weighted by atomic mass is 19.1. The largest absolute Gasteiger partial charge is 0.364 e. The maximum atomic E-state index is 14.5. The van der Waals surface area contributed by atoms with Crippen molar-refractivity contribution in [2.75, 3.05) is 11.9 Å². The van der Waals surface area contributed by atoms with Crippen molar-refractivity contribution < 1.29 is 18.8 Å². The first-order valence-electron chi connectivity index (χ1n) is 12.0. The molecule has 2 unspecified atom stereocenters. The summed E-state index contributed by atoms with van der Waals surface area (Å²) in [5, 5.41) is 18.8. The summed E-state index contributed by atoms with van der Waals surface area (Å²) < 4.78 is 17.0. The third kappa shape index (κ3) is 4.40. The highest BCUT2D eigenvalue weighted by Crippen LogP contribution is 2.27. The number of aromatic amines is 1. The lowest BCUT2D eigenvalue weighted by atomic mass is 10.0. The van der Waals surface area contributed by atoms with Gasteiger partial charge in [-0.1, -0.05) is 6.07 Å². The fourth-order valence-corrected chi connectivity index (χ4v) is 4.78. The van der Waals surface area contributed by atoms with Crippen LogP contribution in [0, 0.1) is 0 Å². The molecular weight excluding hydrogens is 525 g/mol. The normalized spacial score (nSPS) is 17.0. The van der Waals surface area contributed by atoms with Crippen molar-refractivity contribution in [2.24, 2.45) is 5.73 Å². The number of nitrogens with one attached hydrogen (secondary N) is 2. The van der Waals surface area contributed by atoms with E-state index in [0.717, 1.165) is 22.1 Å². The van der Waals surface area contributed by atoms with Gasteiger partial charge in [0.25, 0.3) is 11.5 Å². The minimum Gasteiger partial charge on any atom is -0.364 e. The number of likely N-dealkylation sites (tertiary alicyclic amines) is 1. The summed E-state index contributed by atoms with van der Waals surface area (Å²) in [5.41, 5.74) is 6.91. The highest BCUT2D eigenvalue weighted by Gasteiger charge is 2.40. The van der Waals surface area contributed by atoms with Gasteiger partial charge in [-0.05, 0) is 23.8 Å². The summed E-state index contributed by atoms with van der Waals surface area (Å²) in [5.74, 6) is -1.97. The van der Waals surface area contributed by atoms with Crippen LogP contribution in [0.5, 0.6) is 0 Å². The third-order valence-electron chi connectivity index (χ3n) is 6.59. The summed E-state index contributed by atoms with van der Waals surface area (Å²) in [4.78, 5) is 58.1. The number of H-pyrrole nitrogens is 1. The van der Waals surface area contributed by atoms with Crippen LogP contribution in [-0.4, -0.2) is 80.9 Å². The number of carbonyl (C=O) groups excluding carboxylic acids is 3. The van der Waals surface area contributed by atoms with Gasteiger partial charge in [0.2, 0.25) is 17.6 Å². The molecule has 202 valence electrons. The molecule has 40 heavy (non-hydrogen) atoms. The molecule has 1 aliphatic rings. The molecule has 3 amide bonds. The first kappa shape index (κ1) is 24.8. The third-order valence-corrected chi connectivity index (χ3v) is 6.59. The molecule has 4 aromatic heterocycles. The second kappa shape index (κ2) is 9.64. The number of nitrogens with two attached hydrogens (primary N) is 1. The van der Waals surface area contributed by atoms with Gasteiger partial charge in [-0.2, -0.15) is 29.9 Å². The van der Waals surface area contributed by atoms with Crippen molar-refractivity contribution >= 4 is 40.2 Å². The van der Waals surface area contributed by atoms with Crippen LogP contribution in [-0.2, 0) is 16.1 Å². The van der Waals surface area contributed by atoms with Crippen molar-refractivity contribution in [1.82, 2.24) is 44.5 Å². The number of amides is 3. The second-order valence-electron chi connectivity index (χ2n) is 9.13. The Labute approximate surface area is 222 Å². The van der Waals surface area contributed by atoms with Crippen LogP contribution in [0.2, 0.25) is 0 Å². The minimum absolute atomic E-state index is 0.0142. The van der Waals surface area contributed by atoms with Crippen LogP contribution < -0.4 is 16.6 Å². The summed E-state index contributed by atoms with van der Waals surface area (Å²) in [6.45, 7) is -0.694. The number of hydrogen-bond donors (Lipinski definition) is 3. The average molecular weight is 545 g/mol. The molecule has 4 N–H and O–H groups in total. The fraction of sp³-hybridized carbons (Fsp3) is 0.208. The minimum atomic E-state index is -1.45. The molecule has 5 aromatic rings. The van der Waals surface area contributed by atoms with Gasteiger partial charge in [0, 0.05) is 23.4 Å². The van der Waals surface area contributed by atoms with Gasteiger partial charge >= 0.3 is 0 Å². The van der Waals surface area contributed by atoms with Crippen LogP contribution in [0.15, 0.2) is 53.8 Å². The maximum absolute atomic E-state index is 14.5. The number of alkyl halides is 1. The number of halogens is 1. The molecule has 1 saturated heterocycles. The van der Waals surface area contributed by atoms with E-state index in [1.165, 1.54) is 21.7 Å². The van der Waals surface area contributed by atoms with Gasteiger partial charge in [-0.3, -0.25) is 28.8 Å². The Kier molecular flexibility index (Phi) is 5.97. The van der Waals surface area contributed by atoms with Crippen LogP contribution in [0.1, 0.15) is 16.9 Å². The Morgan fingerprint density at radius 2 is 2.00 bits per heavy atom. The average Bonchev–Trinajstić information content (AvgIpc) is 3.66. The lowest BCUT2D eigenvalue weighted by molar-refractivity contribution is -0.137. The summed E-state index contributed by atoms with van der Waals surface area (Å²) in [7, 11) is 0. The first-order chi connectivity index (χ1) is 19.3. The number of nitrogens with zero attached hydrogens (tertiary/aromatic N) is 8.